The normalized spacial score (nSPS) is 11.5. The third-order valence-corrected chi connectivity index (χ3v) is 4.56. The summed E-state index contributed by atoms with van der Waals surface area (Å²) in [6, 6.07) is 14.6. The maximum absolute atomic E-state index is 12.1. The largest absolute Gasteiger partial charge is 0.271 e. The lowest BCUT2D eigenvalue weighted by molar-refractivity contribution is -0.119. The second kappa shape index (κ2) is 7.94. The molecule has 0 spiro atoms. The Labute approximate surface area is 148 Å². The molecule has 0 aromatic heterocycles. The van der Waals surface area contributed by atoms with Gasteiger partial charge in [-0.2, -0.15) is 5.10 Å². The monoisotopic (exact) mass is 359 g/mol. The van der Waals surface area contributed by atoms with Crippen molar-refractivity contribution in [2.75, 3.05) is 17.1 Å². The van der Waals surface area contributed by atoms with E-state index >= 15 is 0 Å². The van der Waals surface area contributed by atoms with Gasteiger partial charge in [-0.15, -0.1) is 0 Å². The Morgan fingerprint density at radius 1 is 1.12 bits per heavy atom. The van der Waals surface area contributed by atoms with Gasteiger partial charge in [-0.25, -0.2) is 13.8 Å². The molecular formula is C18H21N3O3S. The van der Waals surface area contributed by atoms with E-state index in [1.807, 2.05) is 44.2 Å². The Morgan fingerprint density at radius 2 is 1.76 bits per heavy atom. The first-order valence-electron chi connectivity index (χ1n) is 7.68. The number of nitrogens with zero attached hydrogens (tertiary/aromatic N) is 2. The quantitative estimate of drug-likeness (QED) is 0.634. The molecule has 0 radical (unpaired) electrons. The van der Waals surface area contributed by atoms with E-state index in [1.165, 1.54) is 6.21 Å². The number of amides is 1. The number of sulfonamides is 1. The number of hydrazone groups is 1. The number of aryl methyl sites for hydroxylation is 2. The number of carbonyl (C=O) groups excluding carboxylic acids is 1. The molecule has 0 heterocycles. The van der Waals surface area contributed by atoms with Crippen molar-refractivity contribution in [2.45, 2.75) is 13.8 Å². The van der Waals surface area contributed by atoms with Crippen LogP contribution in [0.3, 0.4) is 0 Å². The van der Waals surface area contributed by atoms with Crippen molar-refractivity contribution in [2.24, 2.45) is 5.10 Å². The molecule has 0 saturated carbocycles. The van der Waals surface area contributed by atoms with Gasteiger partial charge in [0.1, 0.15) is 6.54 Å². The summed E-state index contributed by atoms with van der Waals surface area (Å²) in [6.45, 7) is 3.48. The van der Waals surface area contributed by atoms with E-state index in [0.717, 1.165) is 27.3 Å². The average molecular weight is 359 g/mol. The predicted octanol–water partition coefficient (Wildman–Crippen LogP) is 2.22. The van der Waals surface area contributed by atoms with Gasteiger partial charge in [0.2, 0.25) is 10.0 Å². The molecule has 1 amide bonds. The van der Waals surface area contributed by atoms with E-state index in [1.54, 1.807) is 18.2 Å². The van der Waals surface area contributed by atoms with Gasteiger partial charge in [-0.05, 0) is 37.1 Å². The second-order valence-electron chi connectivity index (χ2n) is 5.82. The van der Waals surface area contributed by atoms with Crippen LogP contribution in [0.1, 0.15) is 16.7 Å². The zero-order chi connectivity index (χ0) is 18.4. The van der Waals surface area contributed by atoms with Crippen LogP contribution in [0.5, 0.6) is 0 Å². The molecule has 0 atom stereocenters. The summed E-state index contributed by atoms with van der Waals surface area (Å²) in [7, 11) is -3.59. The summed E-state index contributed by atoms with van der Waals surface area (Å²) in [4.78, 5) is 12.1. The van der Waals surface area contributed by atoms with Gasteiger partial charge in [0.25, 0.3) is 5.91 Å². The Kier molecular flexibility index (Phi) is 5.93. The minimum atomic E-state index is -3.59. The number of anilines is 1. The van der Waals surface area contributed by atoms with Crippen LogP contribution < -0.4 is 9.73 Å². The Bertz CT molecular complexity index is 892. The molecule has 0 bridgehead atoms. The van der Waals surface area contributed by atoms with Crippen molar-refractivity contribution in [3.63, 3.8) is 0 Å². The number of rotatable bonds is 6. The summed E-state index contributed by atoms with van der Waals surface area (Å²) in [6.07, 6.45) is 2.58. The fourth-order valence-electron chi connectivity index (χ4n) is 2.28. The highest BCUT2D eigenvalue weighted by atomic mass is 32.2. The van der Waals surface area contributed by atoms with Gasteiger partial charge < -0.3 is 0 Å². The molecule has 25 heavy (non-hydrogen) atoms. The number of benzene rings is 2. The highest BCUT2D eigenvalue weighted by molar-refractivity contribution is 7.92. The lowest BCUT2D eigenvalue weighted by Gasteiger charge is -2.21. The Morgan fingerprint density at radius 3 is 2.36 bits per heavy atom. The first-order valence-corrected chi connectivity index (χ1v) is 9.53. The van der Waals surface area contributed by atoms with Gasteiger partial charge in [0, 0.05) is 0 Å². The maximum atomic E-state index is 12.1. The molecule has 2 aromatic carbocycles. The zero-order valence-corrected chi connectivity index (χ0v) is 15.2. The molecule has 6 nitrogen and oxygen atoms in total. The Balaban J connectivity index is 2.07. The zero-order valence-electron chi connectivity index (χ0n) is 14.4. The van der Waals surface area contributed by atoms with Crippen molar-refractivity contribution in [3.05, 3.63) is 65.2 Å². The molecule has 0 aliphatic rings. The molecule has 132 valence electrons. The van der Waals surface area contributed by atoms with E-state index in [2.05, 4.69) is 10.5 Å². The molecular weight excluding hydrogens is 338 g/mol. The van der Waals surface area contributed by atoms with Crippen molar-refractivity contribution in [3.8, 4) is 0 Å². The third-order valence-electron chi connectivity index (χ3n) is 3.42. The number of hydrogen-bond acceptors (Lipinski definition) is 4. The lowest BCUT2D eigenvalue weighted by Crippen LogP contribution is -2.39. The standard InChI is InChI=1S/C18H21N3O3S/c1-14-6-4-8-16(10-14)12-19-20-18(22)13-21(25(3,23)24)17-9-5-7-15(2)11-17/h4-12H,13H2,1-3H3,(H,20,22)/b19-12+. The van der Waals surface area contributed by atoms with Crippen molar-refractivity contribution in [1.82, 2.24) is 5.43 Å². The maximum Gasteiger partial charge on any atom is 0.260 e. The molecule has 7 heteroatoms. The van der Waals surface area contributed by atoms with Gasteiger partial charge >= 0.3 is 0 Å². The van der Waals surface area contributed by atoms with Gasteiger partial charge in [0.05, 0.1) is 18.2 Å². The van der Waals surface area contributed by atoms with Crippen LogP contribution in [0.4, 0.5) is 5.69 Å². The van der Waals surface area contributed by atoms with Gasteiger partial charge in [0.15, 0.2) is 0 Å². The minimum absolute atomic E-state index is 0.340. The average Bonchev–Trinajstić information content (AvgIpc) is 2.51. The molecule has 2 rings (SSSR count). The summed E-state index contributed by atoms with van der Waals surface area (Å²) < 4.78 is 25.1. The summed E-state index contributed by atoms with van der Waals surface area (Å²) in [5, 5.41) is 3.88. The van der Waals surface area contributed by atoms with E-state index in [4.69, 9.17) is 0 Å². The number of hydrogen-bond donors (Lipinski definition) is 1. The first kappa shape index (κ1) is 18.7. The van der Waals surface area contributed by atoms with E-state index in [0.29, 0.717) is 5.69 Å². The first-order chi connectivity index (χ1) is 11.8. The SMILES string of the molecule is Cc1cccc(/C=N/NC(=O)CN(c2cccc(C)c2)S(C)(=O)=O)c1. The molecule has 1 N–H and O–H groups in total. The topological polar surface area (TPSA) is 78.8 Å². The molecule has 0 aliphatic heterocycles. The van der Waals surface area contributed by atoms with Crippen LogP contribution in [-0.4, -0.2) is 33.3 Å². The molecule has 0 fully saturated rings. The minimum Gasteiger partial charge on any atom is -0.271 e. The fourth-order valence-corrected chi connectivity index (χ4v) is 3.13. The van der Waals surface area contributed by atoms with Crippen LogP contribution >= 0.6 is 0 Å². The smallest absolute Gasteiger partial charge is 0.260 e. The van der Waals surface area contributed by atoms with Crippen molar-refractivity contribution < 1.29 is 13.2 Å². The highest BCUT2D eigenvalue weighted by Gasteiger charge is 2.20. The summed E-state index contributed by atoms with van der Waals surface area (Å²) >= 11 is 0. The van der Waals surface area contributed by atoms with E-state index in [-0.39, 0.29) is 6.54 Å². The number of nitrogens with one attached hydrogen (secondary N) is 1. The lowest BCUT2D eigenvalue weighted by atomic mass is 10.2. The highest BCUT2D eigenvalue weighted by Crippen LogP contribution is 2.18. The molecule has 0 saturated heterocycles. The summed E-state index contributed by atoms with van der Waals surface area (Å²) in [5.74, 6) is -0.518. The van der Waals surface area contributed by atoms with E-state index < -0.39 is 15.9 Å². The van der Waals surface area contributed by atoms with Gasteiger partial charge in [-0.1, -0.05) is 42.0 Å². The molecule has 0 unspecified atom stereocenters. The van der Waals surface area contributed by atoms with Crippen molar-refractivity contribution in [1.29, 1.82) is 0 Å². The van der Waals surface area contributed by atoms with Crippen LogP contribution in [0.2, 0.25) is 0 Å². The van der Waals surface area contributed by atoms with Crippen LogP contribution in [0.25, 0.3) is 0 Å². The molecule has 2 aromatic rings. The third kappa shape index (κ3) is 5.72. The van der Waals surface area contributed by atoms with Crippen LogP contribution in [0, 0.1) is 13.8 Å². The fraction of sp³-hybridized carbons (Fsp3) is 0.222. The van der Waals surface area contributed by atoms with Crippen LogP contribution in [0.15, 0.2) is 53.6 Å². The second-order valence-corrected chi connectivity index (χ2v) is 7.72. The number of carbonyl (C=O) groups is 1. The predicted molar refractivity (Wildman–Crippen MR) is 100 cm³/mol. The van der Waals surface area contributed by atoms with Crippen molar-refractivity contribution >= 4 is 27.8 Å². The van der Waals surface area contributed by atoms with Gasteiger partial charge in [-0.3, -0.25) is 9.10 Å². The van der Waals surface area contributed by atoms with Crippen LogP contribution in [-0.2, 0) is 14.8 Å². The van der Waals surface area contributed by atoms with E-state index in [9.17, 15) is 13.2 Å². The summed E-state index contributed by atoms with van der Waals surface area (Å²) in [5.41, 5.74) is 5.64. The Hall–Kier alpha value is -2.67. The molecule has 0 aliphatic carbocycles.